The van der Waals surface area contributed by atoms with Crippen LogP contribution in [-0.2, 0) is 9.59 Å². The normalized spacial score (nSPS) is 16.4. The van der Waals surface area contributed by atoms with Crippen LogP contribution in [0.15, 0.2) is 54.6 Å². The van der Waals surface area contributed by atoms with Crippen LogP contribution in [0.5, 0.6) is 11.5 Å². The van der Waals surface area contributed by atoms with Crippen LogP contribution in [0.2, 0.25) is 0 Å². The Morgan fingerprint density at radius 2 is 1.77 bits per heavy atom. The van der Waals surface area contributed by atoms with E-state index >= 15 is 0 Å². The van der Waals surface area contributed by atoms with E-state index in [0.717, 1.165) is 11.4 Å². The first-order valence-corrected chi connectivity index (χ1v) is 8.66. The quantitative estimate of drug-likeness (QED) is 0.829. The van der Waals surface area contributed by atoms with Crippen LogP contribution in [0.25, 0.3) is 0 Å². The van der Waals surface area contributed by atoms with Gasteiger partial charge in [0.05, 0.1) is 12.6 Å². The van der Waals surface area contributed by atoms with Gasteiger partial charge in [-0.3, -0.25) is 9.59 Å². The summed E-state index contributed by atoms with van der Waals surface area (Å²) in [5.74, 6) is 1.16. The van der Waals surface area contributed by atoms with Crippen LogP contribution in [0.3, 0.4) is 0 Å². The summed E-state index contributed by atoms with van der Waals surface area (Å²) < 4.78 is 10.8. The third-order valence-corrected chi connectivity index (χ3v) is 4.06. The van der Waals surface area contributed by atoms with E-state index in [1.807, 2.05) is 49.4 Å². The van der Waals surface area contributed by atoms with Crippen molar-refractivity contribution in [3.63, 3.8) is 0 Å². The van der Waals surface area contributed by atoms with Crippen molar-refractivity contribution in [2.75, 3.05) is 24.7 Å². The Hall–Kier alpha value is -3.02. The Morgan fingerprint density at radius 1 is 1.08 bits per heavy atom. The Morgan fingerprint density at radius 3 is 2.46 bits per heavy atom. The van der Waals surface area contributed by atoms with E-state index in [1.54, 1.807) is 17.0 Å². The number of benzene rings is 2. The molecular weight excluding hydrogens is 332 g/mol. The number of nitrogens with one attached hydrogen (secondary N) is 1. The summed E-state index contributed by atoms with van der Waals surface area (Å²) in [5, 5.41) is 2.86. The number of anilines is 1. The lowest BCUT2D eigenvalue weighted by Crippen LogP contribution is -2.39. The van der Waals surface area contributed by atoms with E-state index in [9.17, 15) is 9.59 Å². The molecule has 0 aromatic heterocycles. The summed E-state index contributed by atoms with van der Waals surface area (Å²) in [5.41, 5.74) is 0.802. The molecule has 1 N–H and O–H groups in total. The van der Waals surface area contributed by atoms with E-state index in [1.165, 1.54) is 0 Å². The second kappa shape index (κ2) is 8.38. The molecule has 2 aromatic carbocycles. The third-order valence-electron chi connectivity index (χ3n) is 4.06. The maximum atomic E-state index is 12.3. The molecule has 6 heteroatoms. The number of hydrogen-bond acceptors (Lipinski definition) is 4. The molecular formula is C20H22N2O4. The smallest absolute Gasteiger partial charge is 0.258 e. The molecule has 2 amide bonds. The van der Waals surface area contributed by atoms with Gasteiger partial charge in [0.25, 0.3) is 5.91 Å². The predicted molar refractivity (Wildman–Crippen MR) is 98.4 cm³/mol. The highest BCUT2D eigenvalue weighted by Gasteiger charge is 2.31. The second-order valence-corrected chi connectivity index (χ2v) is 6.00. The largest absolute Gasteiger partial charge is 0.494 e. The molecule has 1 heterocycles. The topological polar surface area (TPSA) is 67.9 Å². The van der Waals surface area contributed by atoms with Crippen molar-refractivity contribution in [3.8, 4) is 11.5 Å². The van der Waals surface area contributed by atoms with Crippen LogP contribution in [0.1, 0.15) is 13.3 Å². The Kier molecular flexibility index (Phi) is 5.73. The number of hydrogen-bond donors (Lipinski definition) is 1. The number of rotatable bonds is 7. The average molecular weight is 354 g/mol. The molecule has 1 atom stereocenters. The Labute approximate surface area is 152 Å². The molecule has 0 bridgehead atoms. The van der Waals surface area contributed by atoms with E-state index < -0.39 is 0 Å². The summed E-state index contributed by atoms with van der Waals surface area (Å²) in [6, 6.07) is 16.3. The number of carbonyl (C=O) groups is 2. The maximum absolute atomic E-state index is 12.3. The number of para-hydroxylation sites is 1. The van der Waals surface area contributed by atoms with Gasteiger partial charge in [-0.15, -0.1) is 0 Å². The van der Waals surface area contributed by atoms with E-state index in [2.05, 4.69) is 5.32 Å². The van der Waals surface area contributed by atoms with Crippen molar-refractivity contribution < 1.29 is 19.1 Å². The van der Waals surface area contributed by atoms with Crippen LogP contribution >= 0.6 is 0 Å². The highest BCUT2D eigenvalue weighted by Crippen LogP contribution is 2.24. The van der Waals surface area contributed by atoms with Gasteiger partial charge >= 0.3 is 0 Å². The molecule has 0 unspecified atom stereocenters. The molecule has 1 aliphatic rings. The zero-order chi connectivity index (χ0) is 18.4. The lowest BCUT2D eigenvalue weighted by Gasteiger charge is -2.18. The first-order valence-electron chi connectivity index (χ1n) is 8.66. The molecule has 3 rings (SSSR count). The molecule has 26 heavy (non-hydrogen) atoms. The lowest BCUT2D eigenvalue weighted by atomic mass is 10.2. The number of nitrogens with zero attached hydrogens (tertiary/aromatic N) is 1. The van der Waals surface area contributed by atoms with E-state index in [-0.39, 0.29) is 30.9 Å². The summed E-state index contributed by atoms with van der Waals surface area (Å²) in [4.78, 5) is 26.0. The molecule has 1 aliphatic heterocycles. The van der Waals surface area contributed by atoms with Gasteiger partial charge < -0.3 is 19.7 Å². The van der Waals surface area contributed by atoms with Gasteiger partial charge in [-0.05, 0) is 43.3 Å². The predicted octanol–water partition coefficient (Wildman–Crippen LogP) is 2.39. The molecule has 136 valence electrons. The van der Waals surface area contributed by atoms with Gasteiger partial charge in [0.1, 0.15) is 11.5 Å². The third kappa shape index (κ3) is 4.53. The number of amides is 2. The fourth-order valence-corrected chi connectivity index (χ4v) is 2.88. The highest BCUT2D eigenvalue weighted by atomic mass is 16.5. The number of carbonyl (C=O) groups excluding carboxylic acids is 2. The standard InChI is InChI=1S/C20H22N2O4/c1-2-25-18-10-8-16(9-11-18)22-13-15(12-20(22)24)21-19(23)14-26-17-6-4-3-5-7-17/h3-11,15H,2,12-14H2,1H3,(H,21,23)/t15-/m1/s1. The van der Waals surface area contributed by atoms with Crippen molar-refractivity contribution in [3.05, 3.63) is 54.6 Å². The summed E-state index contributed by atoms with van der Waals surface area (Å²) in [6.45, 7) is 2.90. The van der Waals surface area contributed by atoms with Crippen molar-refractivity contribution in [1.82, 2.24) is 5.32 Å². The lowest BCUT2D eigenvalue weighted by molar-refractivity contribution is -0.123. The number of ether oxygens (including phenoxy) is 2. The SMILES string of the molecule is CCOc1ccc(N2C[C@H](NC(=O)COc3ccccc3)CC2=O)cc1. The summed E-state index contributed by atoms with van der Waals surface area (Å²) in [6.07, 6.45) is 0.282. The minimum atomic E-state index is -0.236. The molecule has 0 spiro atoms. The van der Waals surface area contributed by atoms with Crippen LogP contribution in [0, 0.1) is 0 Å². The fourth-order valence-electron chi connectivity index (χ4n) is 2.88. The first-order chi connectivity index (χ1) is 12.7. The van der Waals surface area contributed by atoms with Crippen LogP contribution in [-0.4, -0.2) is 37.6 Å². The van der Waals surface area contributed by atoms with Crippen LogP contribution < -0.4 is 19.7 Å². The minimum absolute atomic E-state index is 0.0107. The van der Waals surface area contributed by atoms with Gasteiger partial charge in [-0.2, -0.15) is 0 Å². The molecule has 1 fully saturated rings. The second-order valence-electron chi connectivity index (χ2n) is 6.00. The van der Waals surface area contributed by atoms with Crippen LogP contribution in [0.4, 0.5) is 5.69 Å². The van der Waals surface area contributed by atoms with E-state index in [4.69, 9.17) is 9.47 Å². The zero-order valence-corrected chi connectivity index (χ0v) is 14.7. The van der Waals surface area contributed by atoms with Gasteiger partial charge in [0.15, 0.2) is 6.61 Å². The monoisotopic (exact) mass is 354 g/mol. The average Bonchev–Trinajstić information content (AvgIpc) is 3.02. The minimum Gasteiger partial charge on any atom is -0.494 e. The van der Waals surface area contributed by atoms with Gasteiger partial charge in [-0.25, -0.2) is 0 Å². The van der Waals surface area contributed by atoms with Gasteiger partial charge in [0.2, 0.25) is 5.91 Å². The van der Waals surface area contributed by atoms with Crippen molar-refractivity contribution >= 4 is 17.5 Å². The maximum Gasteiger partial charge on any atom is 0.258 e. The summed E-state index contributed by atoms with van der Waals surface area (Å²) in [7, 11) is 0. The molecule has 6 nitrogen and oxygen atoms in total. The zero-order valence-electron chi connectivity index (χ0n) is 14.7. The Bertz CT molecular complexity index is 746. The van der Waals surface area contributed by atoms with Crippen molar-refractivity contribution in [2.24, 2.45) is 0 Å². The van der Waals surface area contributed by atoms with Gasteiger partial charge in [0, 0.05) is 18.7 Å². The highest BCUT2D eigenvalue weighted by molar-refractivity contribution is 5.97. The molecule has 2 aromatic rings. The van der Waals surface area contributed by atoms with Crippen molar-refractivity contribution in [2.45, 2.75) is 19.4 Å². The first kappa shape index (κ1) is 17.8. The molecule has 1 saturated heterocycles. The molecule has 0 saturated carbocycles. The Balaban J connectivity index is 1.51. The van der Waals surface area contributed by atoms with Crippen molar-refractivity contribution in [1.29, 1.82) is 0 Å². The van der Waals surface area contributed by atoms with E-state index in [0.29, 0.717) is 18.9 Å². The fraction of sp³-hybridized carbons (Fsp3) is 0.300. The molecule has 0 aliphatic carbocycles. The molecule has 0 radical (unpaired) electrons. The van der Waals surface area contributed by atoms with Gasteiger partial charge in [-0.1, -0.05) is 18.2 Å². The summed E-state index contributed by atoms with van der Waals surface area (Å²) >= 11 is 0.